The van der Waals surface area contributed by atoms with Crippen molar-refractivity contribution in [2.24, 2.45) is 0 Å². The molecule has 15 heavy (non-hydrogen) atoms. The summed E-state index contributed by atoms with van der Waals surface area (Å²) in [5.74, 6) is -0.903. The third-order valence-corrected chi connectivity index (χ3v) is 2.47. The highest BCUT2D eigenvalue weighted by atomic mass is 16.5. The summed E-state index contributed by atoms with van der Waals surface area (Å²) >= 11 is 0. The molecular formula is C11H13NO3. The molecule has 1 aromatic carbocycles. The molecule has 1 fully saturated rings. The van der Waals surface area contributed by atoms with Crippen molar-refractivity contribution in [2.45, 2.75) is 6.10 Å². The third-order valence-electron chi connectivity index (χ3n) is 2.47. The Morgan fingerprint density at radius 3 is 2.93 bits per heavy atom. The number of aromatic carboxylic acids is 1. The van der Waals surface area contributed by atoms with Gasteiger partial charge in [0.05, 0.1) is 18.3 Å². The summed E-state index contributed by atoms with van der Waals surface area (Å²) in [6.45, 7) is 2.12. The summed E-state index contributed by atoms with van der Waals surface area (Å²) in [4.78, 5) is 11.0. The lowest BCUT2D eigenvalue weighted by atomic mass is 10.0. The van der Waals surface area contributed by atoms with Crippen LogP contribution in [0.4, 0.5) is 0 Å². The van der Waals surface area contributed by atoms with Crippen LogP contribution in [0.3, 0.4) is 0 Å². The zero-order valence-electron chi connectivity index (χ0n) is 8.27. The number of carbonyl (C=O) groups is 1. The van der Waals surface area contributed by atoms with Gasteiger partial charge in [0.25, 0.3) is 0 Å². The van der Waals surface area contributed by atoms with Crippen LogP contribution >= 0.6 is 0 Å². The van der Waals surface area contributed by atoms with E-state index in [1.54, 1.807) is 18.2 Å². The van der Waals surface area contributed by atoms with Crippen molar-refractivity contribution in [1.29, 1.82) is 0 Å². The van der Waals surface area contributed by atoms with Gasteiger partial charge in [-0.05, 0) is 11.6 Å². The van der Waals surface area contributed by atoms with Crippen LogP contribution in [-0.4, -0.2) is 30.8 Å². The molecule has 1 heterocycles. The number of carboxylic acid groups (broad SMARTS) is 1. The number of benzene rings is 1. The smallest absolute Gasteiger partial charge is 0.336 e. The highest BCUT2D eigenvalue weighted by molar-refractivity contribution is 5.89. The number of hydrogen-bond acceptors (Lipinski definition) is 3. The van der Waals surface area contributed by atoms with Crippen LogP contribution in [0.25, 0.3) is 0 Å². The molecule has 1 aromatic rings. The number of ether oxygens (including phenoxy) is 1. The molecule has 1 aliphatic heterocycles. The first-order valence-corrected chi connectivity index (χ1v) is 4.93. The number of rotatable bonds is 2. The van der Waals surface area contributed by atoms with E-state index in [-0.39, 0.29) is 6.10 Å². The van der Waals surface area contributed by atoms with Crippen LogP contribution in [0.2, 0.25) is 0 Å². The molecule has 0 spiro atoms. The zero-order valence-corrected chi connectivity index (χ0v) is 8.27. The van der Waals surface area contributed by atoms with E-state index in [9.17, 15) is 4.79 Å². The van der Waals surface area contributed by atoms with Crippen LogP contribution in [0.15, 0.2) is 24.3 Å². The van der Waals surface area contributed by atoms with Crippen molar-refractivity contribution in [3.63, 3.8) is 0 Å². The van der Waals surface area contributed by atoms with Gasteiger partial charge in [-0.15, -0.1) is 0 Å². The second-order valence-corrected chi connectivity index (χ2v) is 3.46. The topological polar surface area (TPSA) is 58.6 Å². The first-order chi connectivity index (χ1) is 7.29. The first-order valence-electron chi connectivity index (χ1n) is 4.93. The van der Waals surface area contributed by atoms with Crippen LogP contribution in [0, 0.1) is 0 Å². The fraction of sp³-hybridized carbons (Fsp3) is 0.364. The maximum absolute atomic E-state index is 11.0. The van der Waals surface area contributed by atoms with Crippen LogP contribution < -0.4 is 5.32 Å². The van der Waals surface area contributed by atoms with E-state index in [0.29, 0.717) is 18.7 Å². The molecule has 0 amide bonds. The Kier molecular flexibility index (Phi) is 2.99. The minimum Gasteiger partial charge on any atom is -0.478 e. The fourth-order valence-corrected chi connectivity index (χ4v) is 1.74. The molecule has 2 rings (SSSR count). The fourth-order valence-electron chi connectivity index (χ4n) is 1.74. The molecule has 1 unspecified atom stereocenters. The van der Waals surface area contributed by atoms with Crippen molar-refractivity contribution in [1.82, 2.24) is 5.32 Å². The Labute approximate surface area is 87.9 Å². The van der Waals surface area contributed by atoms with E-state index in [2.05, 4.69) is 5.32 Å². The van der Waals surface area contributed by atoms with E-state index in [1.807, 2.05) is 6.07 Å². The average Bonchev–Trinajstić information content (AvgIpc) is 2.30. The second kappa shape index (κ2) is 4.42. The SMILES string of the molecule is O=C(O)c1ccccc1C1CNCCO1. The molecule has 80 valence electrons. The first kappa shape index (κ1) is 10.1. The highest BCUT2D eigenvalue weighted by Gasteiger charge is 2.20. The van der Waals surface area contributed by atoms with Gasteiger partial charge in [-0.25, -0.2) is 4.79 Å². The van der Waals surface area contributed by atoms with E-state index < -0.39 is 5.97 Å². The van der Waals surface area contributed by atoms with Gasteiger partial charge in [0, 0.05) is 13.1 Å². The summed E-state index contributed by atoms with van der Waals surface area (Å²) in [6.07, 6.45) is -0.147. The van der Waals surface area contributed by atoms with Crippen LogP contribution in [-0.2, 0) is 4.74 Å². The van der Waals surface area contributed by atoms with Crippen molar-refractivity contribution in [3.05, 3.63) is 35.4 Å². The summed E-state index contributed by atoms with van der Waals surface area (Å²) in [5, 5.41) is 12.2. The molecule has 0 saturated carbocycles. The van der Waals surface area contributed by atoms with Crippen molar-refractivity contribution in [3.8, 4) is 0 Å². The molecule has 0 aromatic heterocycles. The lowest BCUT2D eigenvalue weighted by Crippen LogP contribution is -2.34. The van der Waals surface area contributed by atoms with Crippen molar-refractivity contribution < 1.29 is 14.6 Å². The van der Waals surface area contributed by atoms with Gasteiger partial charge in [-0.3, -0.25) is 0 Å². The minimum absolute atomic E-state index is 0.147. The number of morpholine rings is 1. The minimum atomic E-state index is -0.903. The van der Waals surface area contributed by atoms with Gasteiger partial charge < -0.3 is 15.2 Å². The normalized spacial score (nSPS) is 21.2. The van der Waals surface area contributed by atoms with Gasteiger partial charge in [0.15, 0.2) is 0 Å². The molecule has 1 aliphatic rings. The number of carboxylic acids is 1. The Morgan fingerprint density at radius 1 is 1.47 bits per heavy atom. The molecule has 1 saturated heterocycles. The van der Waals surface area contributed by atoms with Gasteiger partial charge in [0.2, 0.25) is 0 Å². The van der Waals surface area contributed by atoms with E-state index >= 15 is 0 Å². The molecule has 4 nitrogen and oxygen atoms in total. The van der Waals surface area contributed by atoms with Gasteiger partial charge in [0.1, 0.15) is 0 Å². The summed E-state index contributed by atoms with van der Waals surface area (Å²) < 4.78 is 5.53. The molecule has 2 N–H and O–H groups in total. The molecule has 0 bridgehead atoms. The Morgan fingerprint density at radius 2 is 2.27 bits per heavy atom. The van der Waals surface area contributed by atoms with Gasteiger partial charge in [-0.2, -0.15) is 0 Å². The van der Waals surface area contributed by atoms with Crippen molar-refractivity contribution in [2.75, 3.05) is 19.7 Å². The zero-order chi connectivity index (χ0) is 10.7. The molecule has 4 heteroatoms. The highest BCUT2D eigenvalue weighted by Crippen LogP contribution is 2.22. The lowest BCUT2D eigenvalue weighted by Gasteiger charge is -2.24. The summed E-state index contributed by atoms with van der Waals surface area (Å²) in [6, 6.07) is 6.97. The van der Waals surface area contributed by atoms with E-state index in [4.69, 9.17) is 9.84 Å². The Bertz CT molecular complexity index is 359. The van der Waals surface area contributed by atoms with Gasteiger partial charge in [-0.1, -0.05) is 18.2 Å². The monoisotopic (exact) mass is 207 g/mol. The molecule has 0 aliphatic carbocycles. The predicted octanol–water partition coefficient (Wildman–Crippen LogP) is 1.05. The largest absolute Gasteiger partial charge is 0.478 e. The average molecular weight is 207 g/mol. The van der Waals surface area contributed by atoms with Crippen LogP contribution in [0.5, 0.6) is 0 Å². The quantitative estimate of drug-likeness (QED) is 0.761. The standard InChI is InChI=1S/C11H13NO3/c13-11(14)9-4-2-1-3-8(9)10-7-12-5-6-15-10/h1-4,10,12H,5-7H2,(H,13,14). The maximum atomic E-state index is 11.0. The van der Waals surface area contributed by atoms with E-state index in [1.165, 1.54) is 0 Å². The second-order valence-electron chi connectivity index (χ2n) is 3.46. The van der Waals surface area contributed by atoms with Crippen LogP contribution in [0.1, 0.15) is 22.0 Å². The lowest BCUT2D eigenvalue weighted by molar-refractivity contribution is 0.0263. The third kappa shape index (κ3) is 2.16. The maximum Gasteiger partial charge on any atom is 0.336 e. The van der Waals surface area contributed by atoms with Crippen molar-refractivity contribution >= 4 is 5.97 Å². The Balaban J connectivity index is 2.29. The molecular weight excluding hydrogens is 194 g/mol. The number of hydrogen-bond donors (Lipinski definition) is 2. The Hall–Kier alpha value is -1.39. The molecule has 1 atom stereocenters. The van der Waals surface area contributed by atoms with Gasteiger partial charge >= 0.3 is 5.97 Å². The van der Waals surface area contributed by atoms with E-state index in [0.717, 1.165) is 12.1 Å². The summed E-state index contributed by atoms with van der Waals surface area (Å²) in [7, 11) is 0. The molecule has 0 radical (unpaired) electrons. The summed E-state index contributed by atoms with van der Waals surface area (Å²) in [5.41, 5.74) is 1.07. The number of nitrogens with one attached hydrogen (secondary N) is 1. The predicted molar refractivity (Wildman–Crippen MR) is 55.0 cm³/mol.